The number of carbonyl (C=O) groups is 2. The van der Waals surface area contributed by atoms with Gasteiger partial charge in [-0.15, -0.1) is 0 Å². The molecule has 110 valence electrons. The fourth-order valence-electron chi connectivity index (χ4n) is 2.61. The molecule has 0 aromatic carbocycles. The lowest BCUT2D eigenvalue weighted by atomic mass is 10.00. The molecule has 1 unspecified atom stereocenters. The van der Waals surface area contributed by atoms with Gasteiger partial charge in [-0.1, -0.05) is 0 Å². The lowest BCUT2D eigenvalue weighted by Crippen LogP contribution is -2.49. The molecule has 1 fully saturated rings. The number of thiophene rings is 1. The molecule has 1 aliphatic heterocycles. The highest BCUT2D eigenvalue weighted by molar-refractivity contribution is 7.07. The van der Waals surface area contributed by atoms with Gasteiger partial charge in [-0.05, 0) is 41.7 Å². The zero-order valence-corrected chi connectivity index (χ0v) is 12.4. The minimum Gasteiger partial charge on any atom is -0.481 e. The predicted molar refractivity (Wildman–Crippen MR) is 77.8 cm³/mol. The van der Waals surface area contributed by atoms with E-state index < -0.39 is 5.97 Å². The van der Waals surface area contributed by atoms with Crippen LogP contribution < -0.4 is 0 Å². The monoisotopic (exact) mass is 296 g/mol. The van der Waals surface area contributed by atoms with Crippen LogP contribution in [0.15, 0.2) is 16.8 Å². The summed E-state index contributed by atoms with van der Waals surface area (Å²) in [5, 5.41) is 13.0. The van der Waals surface area contributed by atoms with Crippen molar-refractivity contribution in [3.05, 3.63) is 22.4 Å². The highest BCUT2D eigenvalue weighted by Crippen LogP contribution is 2.21. The van der Waals surface area contributed by atoms with Crippen LogP contribution in [0.1, 0.15) is 31.2 Å². The van der Waals surface area contributed by atoms with Gasteiger partial charge in [0.25, 0.3) is 0 Å². The molecule has 2 heterocycles. The number of aliphatic carboxylic acids is 1. The highest BCUT2D eigenvalue weighted by atomic mass is 32.1. The summed E-state index contributed by atoms with van der Waals surface area (Å²) in [4.78, 5) is 26.8. The summed E-state index contributed by atoms with van der Waals surface area (Å²) in [6.07, 6.45) is 2.77. The van der Waals surface area contributed by atoms with Crippen molar-refractivity contribution >= 4 is 23.3 Å². The number of hydrogen-bond acceptors (Lipinski definition) is 3. The van der Waals surface area contributed by atoms with Crippen LogP contribution in [0.25, 0.3) is 0 Å². The summed E-state index contributed by atoms with van der Waals surface area (Å²) in [7, 11) is 1.77. The second-order valence-electron chi connectivity index (χ2n) is 5.21. The topological polar surface area (TPSA) is 60.9 Å². The quantitative estimate of drug-likeness (QED) is 0.929. The molecule has 0 saturated carbocycles. The van der Waals surface area contributed by atoms with Gasteiger partial charge >= 0.3 is 12.0 Å². The maximum Gasteiger partial charge on any atom is 0.320 e. The number of carbonyl (C=O) groups excluding carboxylic acids is 1. The summed E-state index contributed by atoms with van der Waals surface area (Å²) in [5.41, 5.74) is 1.11. The Labute approximate surface area is 122 Å². The molecule has 1 aromatic rings. The van der Waals surface area contributed by atoms with Crippen LogP contribution in [-0.2, 0) is 11.3 Å². The Balaban J connectivity index is 1.99. The summed E-state index contributed by atoms with van der Waals surface area (Å²) in [6.45, 7) is 1.23. The van der Waals surface area contributed by atoms with Gasteiger partial charge in [0.1, 0.15) is 0 Å². The third-order valence-electron chi connectivity index (χ3n) is 3.61. The molecule has 2 amide bonds. The molecular formula is C14H20N2O3S. The highest BCUT2D eigenvalue weighted by Gasteiger charge is 2.30. The van der Waals surface area contributed by atoms with E-state index >= 15 is 0 Å². The third-order valence-corrected chi connectivity index (χ3v) is 4.34. The number of carboxylic acid groups (broad SMARTS) is 1. The van der Waals surface area contributed by atoms with E-state index in [1.807, 2.05) is 16.8 Å². The fraction of sp³-hybridized carbons (Fsp3) is 0.571. The molecular weight excluding hydrogens is 276 g/mol. The predicted octanol–water partition coefficient (Wildman–Crippen LogP) is 2.63. The van der Waals surface area contributed by atoms with E-state index in [1.165, 1.54) is 0 Å². The van der Waals surface area contributed by atoms with Gasteiger partial charge < -0.3 is 14.9 Å². The first-order chi connectivity index (χ1) is 9.58. The average Bonchev–Trinajstić information content (AvgIpc) is 2.90. The van der Waals surface area contributed by atoms with Crippen molar-refractivity contribution in [1.82, 2.24) is 9.80 Å². The van der Waals surface area contributed by atoms with E-state index in [-0.39, 0.29) is 18.5 Å². The second-order valence-corrected chi connectivity index (χ2v) is 5.99. The number of piperidine rings is 1. The van der Waals surface area contributed by atoms with Crippen LogP contribution in [0, 0.1) is 0 Å². The van der Waals surface area contributed by atoms with Crippen LogP contribution in [0.3, 0.4) is 0 Å². The molecule has 1 aliphatic rings. The standard InChI is InChI=1S/C14H20N2O3S/c1-15(9-11-5-7-20-10-11)14(19)16-6-3-2-4-12(16)8-13(17)18/h5,7,10,12H,2-4,6,8-9H2,1H3,(H,17,18). The third kappa shape index (κ3) is 3.72. The molecule has 1 N–H and O–H groups in total. The molecule has 1 aromatic heterocycles. The molecule has 1 atom stereocenters. The van der Waals surface area contributed by atoms with Crippen molar-refractivity contribution < 1.29 is 14.7 Å². The second kappa shape index (κ2) is 6.74. The Hall–Kier alpha value is -1.56. The van der Waals surface area contributed by atoms with Crippen LogP contribution in [0.4, 0.5) is 4.79 Å². The van der Waals surface area contributed by atoms with Gasteiger partial charge in [-0.2, -0.15) is 11.3 Å². The first-order valence-corrected chi connectivity index (χ1v) is 7.77. The number of urea groups is 1. The summed E-state index contributed by atoms with van der Waals surface area (Å²) in [5.74, 6) is -0.838. The van der Waals surface area contributed by atoms with Crippen LogP contribution in [0.2, 0.25) is 0 Å². The maximum atomic E-state index is 12.5. The Bertz CT molecular complexity index is 461. The Morgan fingerprint density at radius 2 is 2.30 bits per heavy atom. The Morgan fingerprint density at radius 1 is 1.50 bits per heavy atom. The molecule has 20 heavy (non-hydrogen) atoms. The lowest BCUT2D eigenvalue weighted by molar-refractivity contribution is -0.138. The van der Waals surface area contributed by atoms with E-state index in [2.05, 4.69) is 0 Å². The van der Waals surface area contributed by atoms with Gasteiger partial charge in [0.05, 0.1) is 6.42 Å². The van der Waals surface area contributed by atoms with Gasteiger partial charge in [0.2, 0.25) is 0 Å². The minimum absolute atomic E-state index is 0.0397. The number of hydrogen-bond donors (Lipinski definition) is 1. The number of likely N-dealkylation sites (tertiary alicyclic amines) is 1. The molecule has 1 saturated heterocycles. The number of amides is 2. The molecule has 2 rings (SSSR count). The van der Waals surface area contributed by atoms with E-state index in [0.29, 0.717) is 13.1 Å². The first kappa shape index (κ1) is 14.8. The van der Waals surface area contributed by atoms with Crippen molar-refractivity contribution in [3.63, 3.8) is 0 Å². The SMILES string of the molecule is CN(Cc1ccsc1)C(=O)N1CCCCC1CC(=O)O. The van der Waals surface area contributed by atoms with Gasteiger partial charge in [0.15, 0.2) is 0 Å². The van der Waals surface area contributed by atoms with Crippen molar-refractivity contribution in [3.8, 4) is 0 Å². The molecule has 6 heteroatoms. The van der Waals surface area contributed by atoms with Gasteiger partial charge in [0, 0.05) is 26.2 Å². The molecule has 5 nitrogen and oxygen atoms in total. The number of nitrogens with zero attached hydrogens (tertiary/aromatic N) is 2. The largest absolute Gasteiger partial charge is 0.481 e. The lowest BCUT2D eigenvalue weighted by Gasteiger charge is -2.37. The Kier molecular flexibility index (Phi) is 5.00. The van der Waals surface area contributed by atoms with Gasteiger partial charge in [-0.3, -0.25) is 4.79 Å². The minimum atomic E-state index is -0.838. The van der Waals surface area contributed by atoms with Crippen molar-refractivity contribution in [1.29, 1.82) is 0 Å². The van der Waals surface area contributed by atoms with Crippen LogP contribution in [-0.4, -0.2) is 46.5 Å². The summed E-state index contributed by atoms with van der Waals surface area (Å²) >= 11 is 1.61. The first-order valence-electron chi connectivity index (χ1n) is 6.82. The van der Waals surface area contributed by atoms with Crippen LogP contribution in [0.5, 0.6) is 0 Å². The van der Waals surface area contributed by atoms with Gasteiger partial charge in [-0.25, -0.2) is 4.79 Å². The molecule has 0 aliphatic carbocycles. The average molecular weight is 296 g/mol. The van der Waals surface area contributed by atoms with E-state index in [9.17, 15) is 9.59 Å². The number of carboxylic acids is 1. The van der Waals surface area contributed by atoms with Crippen molar-refractivity contribution in [2.75, 3.05) is 13.6 Å². The zero-order valence-electron chi connectivity index (χ0n) is 11.6. The van der Waals surface area contributed by atoms with E-state index in [4.69, 9.17) is 5.11 Å². The summed E-state index contributed by atoms with van der Waals surface area (Å²) in [6, 6.07) is 1.76. The fourth-order valence-corrected chi connectivity index (χ4v) is 3.27. The summed E-state index contributed by atoms with van der Waals surface area (Å²) < 4.78 is 0. The molecule has 0 radical (unpaired) electrons. The Morgan fingerprint density at radius 3 is 2.95 bits per heavy atom. The maximum absolute atomic E-state index is 12.5. The van der Waals surface area contributed by atoms with Crippen LogP contribution >= 0.6 is 11.3 Å². The normalized spacial score (nSPS) is 18.9. The van der Waals surface area contributed by atoms with Crippen molar-refractivity contribution in [2.24, 2.45) is 0 Å². The zero-order chi connectivity index (χ0) is 14.5. The van der Waals surface area contributed by atoms with E-state index in [1.54, 1.807) is 28.2 Å². The number of rotatable bonds is 4. The van der Waals surface area contributed by atoms with E-state index in [0.717, 1.165) is 24.8 Å². The smallest absolute Gasteiger partial charge is 0.320 e. The molecule has 0 spiro atoms. The van der Waals surface area contributed by atoms with Crippen molar-refractivity contribution in [2.45, 2.75) is 38.3 Å². The molecule has 0 bridgehead atoms.